The molecule has 82 valence electrons. The minimum Gasteiger partial charge on any atom is -0.330 e. The molecule has 16 heavy (non-hydrogen) atoms. The first-order chi connectivity index (χ1) is 7.58. The number of aromatic amines is 1. The number of aryl methyl sites for hydroxylation is 1. The third-order valence-electron chi connectivity index (χ3n) is 2.20. The lowest BCUT2D eigenvalue weighted by atomic mass is 10.1. The molecule has 1 aromatic heterocycles. The molecule has 0 bridgehead atoms. The number of rotatable bonds is 1. The quantitative estimate of drug-likeness (QED) is 0.778. The average molecular weight is 271 g/mol. The smallest absolute Gasteiger partial charge is 0.197 e. The number of nitrogens with one attached hydrogen (secondary N) is 1. The molecule has 0 fully saturated rings. The highest BCUT2D eigenvalue weighted by Crippen LogP contribution is 2.30. The van der Waals surface area contributed by atoms with Crippen LogP contribution in [0.5, 0.6) is 0 Å². The van der Waals surface area contributed by atoms with Gasteiger partial charge in [-0.3, -0.25) is 0 Å². The topological polar surface area (TPSA) is 28.7 Å². The van der Waals surface area contributed by atoms with Gasteiger partial charge in [0.1, 0.15) is 0 Å². The summed E-state index contributed by atoms with van der Waals surface area (Å²) in [6, 6.07) is 5.31. The fraction of sp³-hybridized carbons (Fsp3) is 0.0909. The van der Waals surface area contributed by atoms with Crippen molar-refractivity contribution in [3.63, 3.8) is 0 Å². The van der Waals surface area contributed by atoms with Crippen LogP contribution < -0.4 is 0 Å². The summed E-state index contributed by atoms with van der Waals surface area (Å²) in [6.45, 7) is 1.94. The standard InChI is InChI=1S/C11H8Cl2N2S/c1-6-5-14-11(16)15-10(6)8-4-7(12)2-3-9(8)13/h2-5H,1H3,(H,14,15,16). The third kappa shape index (κ3) is 2.26. The van der Waals surface area contributed by atoms with Crippen molar-refractivity contribution in [2.75, 3.05) is 0 Å². The highest BCUT2D eigenvalue weighted by atomic mass is 35.5. The van der Waals surface area contributed by atoms with Crippen molar-refractivity contribution in [2.24, 2.45) is 0 Å². The van der Waals surface area contributed by atoms with Crippen molar-refractivity contribution in [2.45, 2.75) is 6.92 Å². The summed E-state index contributed by atoms with van der Waals surface area (Å²) in [4.78, 5) is 7.02. The Balaban J connectivity index is 2.71. The number of aromatic nitrogens is 2. The van der Waals surface area contributed by atoms with E-state index in [1.165, 1.54) is 0 Å². The lowest BCUT2D eigenvalue weighted by Crippen LogP contribution is -1.92. The zero-order valence-corrected chi connectivity index (χ0v) is 10.7. The summed E-state index contributed by atoms with van der Waals surface area (Å²) in [5.74, 6) is 0. The molecule has 2 aromatic rings. The van der Waals surface area contributed by atoms with E-state index in [2.05, 4.69) is 9.97 Å². The summed E-state index contributed by atoms with van der Waals surface area (Å²) in [5.41, 5.74) is 2.66. The normalized spacial score (nSPS) is 10.4. The van der Waals surface area contributed by atoms with Crippen LogP contribution in [0.3, 0.4) is 0 Å². The monoisotopic (exact) mass is 270 g/mol. The van der Waals surface area contributed by atoms with Gasteiger partial charge in [-0.1, -0.05) is 23.2 Å². The van der Waals surface area contributed by atoms with Gasteiger partial charge in [0.2, 0.25) is 0 Å². The Morgan fingerprint density at radius 2 is 2.06 bits per heavy atom. The largest absolute Gasteiger partial charge is 0.330 e. The van der Waals surface area contributed by atoms with Gasteiger partial charge in [0.15, 0.2) is 4.77 Å². The van der Waals surface area contributed by atoms with Gasteiger partial charge in [0, 0.05) is 21.8 Å². The van der Waals surface area contributed by atoms with E-state index in [1.807, 2.05) is 6.92 Å². The fourth-order valence-electron chi connectivity index (χ4n) is 1.43. The molecule has 1 heterocycles. The molecule has 5 heteroatoms. The summed E-state index contributed by atoms with van der Waals surface area (Å²) in [7, 11) is 0. The van der Waals surface area contributed by atoms with E-state index in [0.29, 0.717) is 14.8 Å². The van der Waals surface area contributed by atoms with Crippen molar-refractivity contribution < 1.29 is 0 Å². The number of nitrogens with zero attached hydrogens (tertiary/aromatic N) is 1. The molecule has 0 aliphatic heterocycles. The van der Waals surface area contributed by atoms with Gasteiger partial charge < -0.3 is 4.98 Å². The Kier molecular flexibility index (Phi) is 3.28. The van der Waals surface area contributed by atoms with Crippen molar-refractivity contribution in [1.29, 1.82) is 0 Å². The number of hydrogen-bond donors (Lipinski definition) is 1. The maximum Gasteiger partial charge on any atom is 0.197 e. The fourth-order valence-corrected chi connectivity index (χ4v) is 1.97. The maximum absolute atomic E-state index is 6.12. The molecular formula is C11H8Cl2N2S. The van der Waals surface area contributed by atoms with E-state index in [4.69, 9.17) is 35.4 Å². The molecule has 0 spiro atoms. The second-order valence-corrected chi connectivity index (χ2v) is 4.60. The lowest BCUT2D eigenvalue weighted by molar-refractivity contribution is 1.11. The molecule has 0 amide bonds. The Morgan fingerprint density at radius 1 is 1.31 bits per heavy atom. The first-order valence-corrected chi connectivity index (χ1v) is 5.75. The van der Waals surface area contributed by atoms with Crippen LogP contribution in [-0.2, 0) is 0 Å². The molecular weight excluding hydrogens is 263 g/mol. The van der Waals surface area contributed by atoms with Gasteiger partial charge in [-0.15, -0.1) is 0 Å². The van der Waals surface area contributed by atoms with Crippen LogP contribution in [0.1, 0.15) is 5.56 Å². The maximum atomic E-state index is 6.12. The van der Waals surface area contributed by atoms with Gasteiger partial charge in [-0.2, -0.15) is 0 Å². The first kappa shape index (κ1) is 11.6. The molecule has 0 saturated carbocycles. The molecule has 2 nitrogen and oxygen atoms in total. The summed E-state index contributed by atoms with van der Waals surface area (Å²) < 4.78 is 0.427. The summed E-state index contributed by atoms with van der Waals surface area (Å²) >= 11 is 17.1. The predicted octanol–water partition coefficient (Wildman–Crippen LogP) is 4.42. The van der Waals surface area contributed by atoms with Crippen LogP contribution in [0.25, 0.3) is 11.3 Å². The average Bonchev–Trinajstić information content (AvgIpc) is 2.25. The van der Waals surface area contributed by atoms with Crippen molar-refractivity contribution >= 4 is 35.4 Å². The second-order valence-electron chi connectivity index (χ2n) is 3.37. The van der Waals surface area contributed by atoms with E-state index < -0.39 is 0 Å². The Labute approximate surface area is 108 Å². The predicted molar refractivity (Wildman–Crippen MR) is 69.6 cm³/mol. The summed E-state index contributed by atoms with van der Waals surface area (Å²) in [5, 5.41) is 1.26. The minimum absolute atomic E-state index is 0.427. The van der Waals surface area contributed by atoms with Crippen LogP contribution in [0.4, 0.5) is 0 Å². The van der Waals surface area contributed by atoms with Gasteiger partial charge in [0.05, 0.1) is 5.69 Å². The molecule has 1 aromatic carbocycles. The van der Waals surface area contributed by atoms with Crippen molar-refractivity contribution in [1.82, 2.24) is 9.97 Å². The van der Waals surface area contributed by atoms with Crippen molar-refractivity contribution in [3.8, 4) is 11.3 Å². The molecule has 0 unspecified atom stereocenters. The van der Waals surface area contributed by atoms with Crippen LogP contribution in [0.15, 0.2) is 24.4 Å². The highest BCUT2D eigenvalue weighted by Gasteiger charge is 2.07. The van der Waals surface area contributed by atoms with E-state index in [-0.39, 0.29) is 0 Å². The zero-order valence-electron chi connectivity index (χ0n) is 8.42. The lowest BCUT2D eigenvalue weighted by Gasteiger charge is -2.07. The van der Waals surface area contributed by atoms with E-state index in [1.54, 1.807) is 24.4 Å². The molecule has 0 aliphatic rings. The Bertz CT molecular complexity index is 593. The summed E-state index contributed by atoms with van der Waals surface area (Å²) in [6.07, 6.45) is 1.71. The molecule has 0 atom stereocenters. The van der Waals surface area contributed by atoms with Gasteiger partial charge in [-0.25, -0.2) is 4.98 Å². The number of benzene rings is 1. The SMILES string of the molecule is Cc1cnc(=S)[nH]c1-c1cc(Cl)ccc1Cl. The van der Waals surface area contributed by atoms with E-state index in [9.17, 15) is 0 Å². The molecule has 0 saturated heterocycles. The molecule has 2 rings (SSSR count). The van der Waals surface area contributed by atoms with Gasteiger partial charge >= 0.3 is 0 Å². The number of hydrogen-bond acceptors (Lipinski definition) is 2. The van der Waals surface area contributed by atoms with Crippen LogP contribution in [0, 0.1) is 11.7 Å². The number of halogens is 2. The van der Waals surface area contributed by atoms with Gasteiger partial charge in [0.25, 0.3) is 0 Å². The third-order valence-corrected chi connectivity index (χ3v) is 2.97. The molecule has 0 aliphatic carbocycles. The number of H-pyrrole nitrogens is 1. The zero-order chi connectivity index (χ0) is 11.7. The van der Waals surface area contributed by atoms with Crippen LogP contribution in [0.2, 0.25) is 10.0 Å². The highest BCUT2D eigenvalue weighted by molar-refractivity contribution is 7.71. The molecule has 0 radical (unpaired) electrons. The first-order valence-electron chi connectivity index (χ1n) is 4.59. The van der Waals surface area contributed by atoms with E-state index in [0.717, 1.165) is 16.8 Å². The minimum atomic E-state index is 0.427. The van der Waals surface area contributed by atoms with Crippen LogP contribution >= 0.6 is 35.4 Å². The Hall–Kier alpha value is -0.900. The Morgan fingerprint density at radius 3 is 2.81 bits per heavy atom. The van der Waals surface area contributed by atoms with Crippen LogP contribution in [-0.4, -0.2) is 9.97 Å². The second kappa shape index (κ2) is 4.53. The molecule has 1 N–H and O–H groups in total. The van der Waals surface area contributed by atoms with Crippen molar-refractivity contribution in [3.05, 3.63) is 44.8 Å². The van der Waals surface area contributed by atoms with Gasteiger partial charge in [-0.05, 0) is 42.9 Å². The van der Waals surface area contributed by atoms with E-state index >= 15 is 0 Å².